The zero-order chi connectivity index (χ0) is 13.8. The molecule has 0 aliphatic heterocycles. The van der Waals surface area contributed by atoms with E-state index in [1.807, 2.05) is 11.5 Å². The van der Waals surface area contributed by atoms with Crippen LogP contribution in [0.3, 0.4) is 0 Å². The molecule has 1 N–H and O–H groups in total. The highest BCUT2D eigenvalue weighted by Gasteiger charge is 2.16. The predicted octanol–water partition coefficient (Wildman–Crippen LogP) is 0.660. The Balaban J connectivity index is 2.31. The van der Waals surface area contributed by atoms with E-state index in [4.69, 9.17) is 5.11 Å². The van der Waals surface area contributed by atoms with Gasteiger partial charge in [-0.05, 0) is 6.42 Å². The molecule has 19 heavy (non-hydrogen) atoms. The van der Waals surface area contributed by atoms with E-state index in [2.05, 4.69) is 20.5 Å². The molecule has 2 rings (SSSR count). The number of hydrogen-bond donors (Lipinski definition) is 1. The number of rotatable bonds is 6. The third kappa shape index (κ3) is 3.11. The summed E-state index contributed by atoms with van der Waals surface area (Å²) in [4.78, 5) is 10.6. The first-order valence-electron chi connectivity index (χ1n) is 5.76. The van der Waals surface area contributed by atoms with Crippen LogP contribution in [0, 0.1) is 0 Å². The van der Waals surface area contributed by atoms with Gasteiger partial charge >= 0.3 is 5.97 Å². The van der Waals surface area contributed by atoms with Gasteiger partial charge in [0.05, 0.1) is 11.9 Å². The number of nitrogens with zero attached hydrogens (tertiary/aromatic N) is 6. The maximum Gasteiger partial charge on any atom is 0.313 e. The summed E-state index contributed by atoms with van der Waals surface area (Å²) in [6.07, 6.45) is 2.65. The highest BCUT2D eigenvalue weighted by Crippen LogP contribution is 2.22. The van der Waals surface area contributed by atoms with Crippen LogP contribution < -0.4 is 0 Å². The molecule has 0 unspecified atom stereocenters. The Bertz CT molecular complexity index is 578. The first kappa shape index (κ1) is 13.5. The summed E-state index contributed by atoms with van der Waals surface area (Å²) >= 11 is 1.15. The highest BCUT2D eigenvalue weighted by molar-refractivity contribution is 7.99. The van der Waals surface area contributed by atoms with E-state index < -0.39 is 5.97 Å². The number of carboxylic acid groups (broad SMARTS) is 1. The van der Waals surface area contributed by atoms with Crippen LogP contribution in [0.2, 0.25) is 0 Å². The third-order valence-corrected chi connectivity index (χ3v) is 3.27. The van der Waals surface area contributed by atoms with Gasteiger partial charge in [0.25, 0.3) is 0 Å². The molecule has 0 atom stereocenters. The minimum absolute atomic E-state index is 0.0394. The number of aliphatic carboxylic acids is 1. The summed E-state index contributed by atoms with van der Waals surface area (Å²) in [5, 5.41) is 25.3. The Labute approximate surface area is 113 Å². The molecule has 2 aromatic heterocycles. The van der Waals surface area contributed by atoms with Crippen LogP contribution in [0.5, 0.6) is 0 Å². The van der Waals surface area contributed by atoms with Gasteiger partial charge in [-0.15, -0.1) is 15.3 Å². The molecule has 0 radical (unpaired) electrons. The molecule has 2 aromatic rings. The SMILES string of the molecule is CCCn1c(SCC(=O)O)nnc1-c1cn(C)nn1. The van der Waals surface area contributed by atoms with Crippen molar-refractivity contribution in [3.63, 3.8) is 0 Å². The van der Waals surface area contributed by atoms with E-state index in [0.29, 0.717) is 23.2 Å². The molecule has 0 aliphatic rings. The van der Waals surface area contributed by atoms with Crippen molar-refractivity contribution < 1.29 is 9.90 Å². The van der Waals surface area contributed by atoms with E-state index >= 15 is 0 Å². The average Bonchev–Trinajstić information content (AvgIpc) is 2.94. The lowest BCUT2D eigenvalue weighted by molar-refractivity contribution is -0.133. The van der Waals surface area contributed by atoms with Gasteiger partial charge in [0, 0.05) is 13.6 Å². The molecule has 2 heterocycles. The Morgan fingerprint density at radius 3 is 2.79 bits per heavy atom. The Morgan fingerprint density at radius 2 is 2.21 bits per heavy atom. The fraction of sp³-hybridized carbons (Fsp3) is 0.500. The second-order valence-electron chi connectivity index (χ2n) is 3.92. The lowest BCUT2D eigenvalue weighted by Crippen LogP contribution is -2.04. The largest absolute Gasteiger partial charge is 0.481 e. The molecule has 0 amide bonds. The van der Waals surface area contributed by atoms with Crippen molar-refractivity contribution >= 4 is 17.7 Å². The van der Waals surface area contributed by atoms with Crippen molar-refractivity contribution in [1.82, 2.24) is 29.8 Å². The van der Waals surface area contributed by atoms with Crippen LogP contribution in [-0.4, -0.2) is 46.6 Å². The molecule has 0 aromatic carbocycles. The van der Waals surface area contributed by atoms with Gasteiger partial charge in [-0.3, -0.25) is 9.48 Å². The van der Waals surface area contributed by atoms with Gasteiger partial charge in [-0.25, -0.2) is 0 Å². The van der Waals surface area contributed by atoms with Gasteiger partial charge in [-0.1, -0.05) is 23.9 Å². The Morgan fingerprint density at radius 1 is 1.42 bits per heavy atom. The highest BCUT2D eigenvalue weighted by atomic mass is 32.2. The Hall–Kier alpha value is -1.90. The number of hydrogen-bond acceptors (Lipinski definition) is 6. The lowest BCUT2D eigenvalue weighted by atomic mass is 10.4. The average molecular weight is 282 g/mol. The molecule has 0 bridgehead atoms. The van der Waals surface area contributed by atoms with E-state index in [9.17, 15) is 4.79 Å². The van der Waals surface area contributed by atoms with Crippen LogP contribution in [0.15, 0.2) is 11.4 Å². The number of aryl methyl sites for hydroxylation is 1. The quantitative estimate of drug-likeness (QED) is 0.777. The van der Waals surface area contributed by atoms with Crippen LogP contribution in [0.4, 0.5) is 0 Å². The molecule has 9 heteroatoms. The normalized spacial score (nSPS) is 10.8. The zero-order valence-corrected chi connectivity index (χ0v) is 11.5. The predicted molar refractivity (Wildman–Crippen MR) is 68.7 cm³/mol. The van der Waals surface area contributed by atoms with E-state index in [1.54, 1.807) is 17.9 Å². The maximum atomic E-state index is 10.6. The summed E-state index contributed by atoms with van der Waals surface area (Å²) in [7, 11) is 1.77. The summed E-state index contributed by atoms with van der Waals surface area (Å²) in [5.41, 5.74) is 0.630. The molecule has 8 nitrogen and oxygen atoms in total. The van der Waals surface area contributed by atoms with Crippen LogP contribution in [0.1, 0.15) is 13.3 Å². The smallest absolute Gasteiger partial charge is 0.313 e. The standard InChI is InChI=1S/C10H14N6O2S/c1-3-4-16-9(7-5-15(2)14-11-7)12-13-10(16)19-6-8(17)18/h5H,3-4,6H2,1-2H3,(H,17,18). The summed E-state index contributed by atoms with van der Waals surface area (Å²) in [6.45, 7) is 2.74. The van der Waals surface area contributed by atoms with E-state index in [1.165, 1.54) is 0 Å². The molecule has 0 fully saturated rings. The van der Waals surface area contributed by atoms with Crippen molar-refractivity contribution in [1.29, 1.82) is 0 Å². The fourth-order valence-corrected chi connectivity index (χ4v) is 2.27. The summed E-state index contributed by atoms with van der Waals surface area (Å²) in [6, 6.07) is 0. The van der Waals surface area contributed by atoms with Crippen molar-refractivity contribution in [3.05, 3.63) is 6.20 Å². The van der Waals surface area contributed by atoms with Crippen molar-refractivity contribution in [2.45, 2.75) is 25.0 Å². The summed E-state index contributed by atoms with van der Waals surface area (Å²) < 4.78 is 3.46. The van der Waals surface area contributed by atoms with Crippen molar-refractivity contribution in [2.24, 2.45) is 7.05 Å². The van der Waals surface area contributed by atoms with Crippen LogP contribution >= 0.6 is 11.8 Å². The monoisotopic (exact) mass is 282 g/mol. The van der Waals surface area contributed by atoms with Crippen molar-refractivity contribution in [3.8, 4) is 11.5 Å². The molecular weight excluding hydrogens is 268 g/mol. The maximum absolute atomic E-state index is 10.6. The lowest BCUT2D eigenvalue weighted by Gasteiger charge is -2.05. The van der Waals surface area contributed by atoms with E-state index in [0.717, 1.165) is 18.2 Å². The minimum atomic E-state index is -0.878. The molecule has 0 spiro atoms. The van der Waals surface area contributed by atoms with Gasteiger partial charge in [0.2, 0.25) is 0 Å². The molecule has 102 valence electrons. The number of carboxylic acids is 1. The first-order chi connectivity index (χ1) is 9.11. The third-order valence-electron chi connectivity index (χ3n) is 2.32. The molecule has 0 aliphatic carbocycles. The second kappa shape index (κ2) is 5.83. The number of thioether (sulfide) groups is 1. The van der Waals surface area contributed by atoms with E-state index in [-0.39, 0.29) is 5.75 Å². The number of aromatic nitrogens is 6. The second-order valence-corrected chi connectivity index (χ2v) is 4.86. The van der Waals surface area contributed by atoms with Crippen LogP contribution in [-0.2, 0) is 18.4 Å². The minimum Gasteiger partial charge on any atom is -0.481 e. The van der Waals surface area contributed by atoms with Gasteiger partial charge in [0.15, 0.2) is 16.7 Å². The molecule has 0 saturated carbocycles. The zero-order valence-electron chi connectivity index (χ0n) is 10.6. The molecule has 0 saturated heterocycles. The summed E-state index contributed by atoms with van der Waals surface area (Å²) in [5.74, 6) is -0.303. The molecular formula is C10H14N6O2S. The van der Waals surface area contributed by atoms with Gasteiger partial charge in [-0.2, -0.15) is 0 Å². The first-order valence-corrected chi connectivity index (χ1v) is 6.75. The van der Waals surface area contributed by atoms with Gasteiger partial charge in [0.1, 0.15) is 0 Å². The van der Waals surface area contributed by atoms with Gasteiger partial charge < -0.3 is 9.67 Å². The fourth-order valence-electron chi connectivity index (χ4n) is 1.59. The topological polar surface area (TPSA) is 98.7 Å². The van der Waals surface area contributed by atoms with Crippen molar-refractivity contribution in [2.75, 3.05) is 5.75 Å². The Kier molecular flexibility index (Phi) is 4.15. The van der Waals surface area contributed by atoms with Crippen LogP contribution in [0.25, 0.3) is 11.5 Å². The number of carbonyl (C=O) groups is 1.